The lowest BCUT2D eigenvalue weighted by molar-refractivity contribution is 0.609. The van der Waals surface area contributed by atoms with Crippen molar-refractivity contribution in [1.29, 1.82) is 0 Å². The first-order chi connectivity index (χ1) is 4.19. The molecule has 0 aliphatic carbocycles. The van der Waals surface area contributed by atoms with E-state index in [4.69, 9.17) is 10.7 Å². The van der Waals surface area contributed by atoms with E-state index in [9.17, 15) is 8.42 Å². The highest BCUT2D eigenvalue weighted by Crippen LogP contribution is 2.46. The fraction of sp³-hybridized carbons (Fsp3) is 1.00. The third-order valence-corrected chi connectivity index (χ3v) is 16.0. The van der Waals surface area contributed by atoms with E-state index in [-0.39, 0.29) is 1.93 Å². The topological polar surface area (TPSA) is 34.1 Å². The predicted octanol–water partition coefficient (Wildman–Crippen LogP) is 3.27. The first-order valence-electron chi connectivity index (χ1n) is 1.79. The van der Waals surface area contributed by atoms with Gasteiger partial charge in [0.25, 0.3) is 9.05 Å². The van der Waals surface area contributed by atoms with Crippen LogP contribution in [-0.4, -0.2) is 11.1 Å². The Bertz CT molecular complexity index is 209. The molecule has 10 heavy (non-hydrogen) atoms. The van der Waals surface area contributed by atoms with Gasteiger partial charge in [-0.05, 0) is 45.2 Å². The van der Waals surface area contributed by atoms with Gasteiger partial charge in [0, 0.05) is 10.7 Å². The van der Waals surface area contributed by atoms with Gasteiger partial charge in [-0.25, -0.2) is 8.42 Å². The van der Waals surface area contributed by atoms with Crippen LogP contribution in [0.1, 0.15) is 0 Å². The number of hydrogen-bond acceptors (Lipinski definition) is 2. The second-order valence-electron chi connectivity index (χ2n) is 1.30. The highest BCUT2D eigenvalue weighted by molar-refractivity contribution is 14.2. The van der Waals surface area contributed by atoms with Crippen LogP contribution >= 0.6 is 101 Å². The third-order valence-electron chi connectivity index (χ3n) is 0.579. The van der Waals surface area contributed by atoms with Crippen molar-refractivity contribution in [1.82, 2.24) is 0 Å². The molecule has 0 amide bonds. The van der Waals surface area contributed by atoms with Crippen molar-refractivity contribution in [2.24, 2.45) is 0 Å². The van der Waals surface area contributed by atoms with E-state index in [2.05, 4.69) is 0 Å². The van der Waals surface area contributed by atoms with Crippen LogP contribution in [0.3, 0.4) is 0 Å². The van der Waals surface area contributed by atoms with Crippen LogP contribution in [-0.2, 0) is 9.05 Å². The smallest absolute Gasteiger partial charge is 0.210 e. The number of rotatable bonds is 2. The quantitative estimate of drug-likeness (QED) is 0.267. The molecule has 8 heteroatoms. The second kappa shape index (κ2) is 4.59. The first-order valence-corrected chi connectivity index (χ1v) is 8.75. The Balaban J connectivity index is 4.76. The molecule has 62 valence electrons. The Kier molecular flexibility index (Phi) is 6.04. The summed E-state index contributed by atoms with van der Waals surface area (Å²) in [6, 6.07) is 0. The number of alkyl halides is 4. The lowest BCUT2D eigenvalue weighted by atomic mass is 11.0. The Hall–Kier alpha value is 3.16. The molecular formula is C2HClI4O2S. The predicted molar refractivity (Wildman–Crippen MR) is 77.4 cm³/mol. The molecule has 0 spiro atoms. The molecule has 0 aliphatic heterocycles. The summed E-state index contributed by atoms with van der Waals surface area (Å²) < 4.78 is 20.7. The van der Waals surface area contributed by atoms with Crippen LogP contribution in [0.25, 0.3) is 0 Å². The van der Waals surface area contributed by atoms with Gasteiger partial charge < -0.3 is 0 Å². The summed E-state index contributed by atoms with van der Waals surface area (Å²) in [4.78, 5) is 0. The average molecular weight is 632 g/mol. The molecule has 0 bridgehead atoms. The molecular weight excluding hydrogens is 631 g/mol. The fourth-order valence-electron chi connectivity index (χ4n) is 0.106. The van der Waals surface area contributed by atoms with Crippen LogP contribution in [0.5, 0.6) is 0 Å². The maximum atomic E-state index is 10.8. The van der Waals surface area contributed by atoms with Gasteiger partial charge in [-0.2, -0.15) is 0 Å². The molecule has 0 aromatic heterocycles. The zero-order chi connectivity index (χ0) is 8.58. The van der Waals surface area contributed by atoms with Crippen molar-refractivity contribution in [2.75, 3.05) is 0 Å². The third kappa shape index (κ3) is 3.49. The first kappa shape index (κ1) is 13.2. The molecule has 0 heterocycles. The Morgan fingerprint density at radius 1 is 1.30 bits per heavy atom. The van der Waals surface area contributed by atoms with Gasteiger partial charge >= 0.3 is 0 Å². The fourth-order valence-corrected chi connectivity index (χ4v) is 3.50. The maximum absolute atomic E-state index is 10.8. The monoisotopic (exact) mass is 632 g/mol. The molecule has 0 aromatic carbocycles. The van der Waals surface area contributed by atoms with E-state index in [0.29, 0.717) is 0 Å². The van der Waals surface area contributed by atoms with Gasteiger partial charge in [-0.1, -0.05) is 45.2 Å². The zero-order valence-corrected chi connectivity index (χ0v) is 14.4. The maximum Gasteiger partial charge on any atom is 0.258 e. The molecule has 0 aliphatic rings. The highest BCUT2D eigenvalue weighted by atomic mass is 127. The van der Waals surface area contributed by atoms with Gasteiger partial charge in [-0.3, -0.25) is 0 Å². The van der Waals surface area contributed by atoms with Gasteiger partial charge in [0.05, 0.1) is 0 Å². The summed E-state index contributed by atoms with van der Waals surface area (Å²) in [6.07, 6.45) is 0. The van der Waals surface area contributed by atoms with Crippen molar-refractivity contribution >= 4 is 110 Å². The van der Waals surface area contributed by atoms with Gasteiger partial charge in [0.15, 0.2) is 0 Å². The van der Waals surface area contributed by atoms with Crippen LogP contribution < -0.4 is 0 Å². The van der Waals surface area contributed by atoms with Gasteiger partial charge in [-0.15, -0.1) is 0 Å². The normalized spacial score (nSPS) is 14.2. The van der Waals surface area contributed by atoms with Crippen LogP contribution in [0, 0.1) is 0 Å². The van der Waals surface area contributed by atoms with Crippen molar-refractivity contribution in [2.45, 2.75) is 2.69 Å². The van der Waals surface area contributed by atoms with E-state index in [1.54, 1.807) is 0 Å². The van der Waals surface area contributed by atoms with E-state index in [1.165, 1.54) is 0 Å². The zero-order valence-electron chi connectivity index (χ0n) is 4.19. The lowest BCUT2D eigenvalue weighted by Crippen LogP contribution is -2.26. The molecule has 0 N–H and O–H groups in total. The minimum Gasteiger partial charge on any atom is -0.210 e. The Labute approximate surface area is 119 Å². The largest absolute Gasteiger partial charge is 0.258 e. The SMILES string of the molecule is O=S(=O)(Cl)C(I)(I)C(I)I. The summed E-state index contributed by atoms with van der Waals surface area (Å²) in [5, 5.41) is 0. The minimum absolute atomic E-state index is 0.0496. The van der Waals surface area contributed by atoms with Crippen molar-refractivity contribution in [3.8, 4) is 0 Å². The summed E-state index contributed by atoms with van der Waals surface area (Å²) in [5.74, 6) is 0. The Morgan fingerprint density at radius 3 is 1.60 bits per heavy atom. The summed E-state index contributed by atoms with van der Waals surface area (Å²) in [7, 11) is 1.70. The van der Waals surface area contributed by atoms with Crippen LogP contribution in [0.2, 0.25) is 0 Å². The Morgan fingerprint density at radius 2 is 1.60 bits per heavy atom. The molecule has 0 unspecified atom stereocenters. The summed E-state index contributed by atoms with van der Waals surface area (Å²) in [6.45, 7) is 0. The number of hydrogen-bond donors (Lipinski definition) is 0. The molecule has 0 fully saturated rings. The molecule has 2 nitrogen and oxygen atoms in total. The molecule has 0 radical (unpaired) electrons. The molecule has 0 saturated carbocycles. The van der Waals surface area contributed by atoms with E-state index >= 15 is 0 Å². The van der Waals surface area contributed by atoms with Crippen molar-refractivity contribution in [3.63, 3.8) is 0 Å². The molecule has 0 rings (SSSR count). The van der Waals surface area contributed by atoms with E-state index in [0.717, 1.165) is 0 Å². The number of halogens is 5. The lowest BCUT2D eigenvalue weighted by Gasteiger charge is -2.17. The summed E-state index contributed by atoms with van der Waals surface area (Å²) >= 11 is 7.69. The van der Waals surface area contributed by atoms with Crippen molar-refractivity contribution < 1.29 is 8.42 Å². The molecule has 0 aromatic rings. The summed E-state index contributed by atoms with van der Waals surface area (Å²) in [5.41, 5.74) is 0. The second-order valence-corrected chi connectivity index (χ2v) is 15.8. The molecule has 0 atom stereocenters. The molecule has 0 saturated heterocycles. The standard InChI is InChI=1S/C2HClI4O2S/c3-10(8,9)2(6,7)1(4)5/h1H. The van der Waals surface area contributed by atoms with Crippen LogP contribution in [0.15, 0.2) is 0 Å². The van der Waals surface area contributed by atoms with Gasteiger partial charge in [0.1, 0.15) is 1.93 Å². The highest BCUT2D eigenvalue weighted by Gasteiger charge is 2.42. The van der Waals surface area contributed by atoms with Crippen LogP contribution in [0.4, 0.5) is 0 Å². The van der Waals surface area contributed by atoms with E-state index in [1.807, 2.05) is 90.4 Å². The average Bonchev–Trinajstić information content (AvgIpc) is 1.62. The van der Waals surface area contributed by atoms with Crippen molar-refractivity contribution in [3.05, 3.63) is 0 Å². The van der Waals surface area contributed by atoms with Gasteiger partial charge in [0.2, 0.25) is 0.760 Å². The van der Waals surface area contributed by atoms with E-state index < -0.39 is 9.81 Å². The minimum atomic E-state index is -3.47.